The Kier molecular flexibility index (Phi) is 5.37. The van der Waals surface area contributed by atoms with E-state index in [0.29, 0.717) is 19.5 Å². The summed E-state index contributed by atoms with van der Waals surface area (Å²) in [5.74, 6) is 0.745. The molecule has 4 rings (SSSR count). The molecule has 0 saturated carbocycles. The van der Waals surface area contributed by atoms with Crippen LogP contribution in [-0.4, -0.2) is 46.5 Å². The van der Waals surface area contributed by atoms with Gasteiger partial charge in [-0.15, -0.1) is 0 Å². The Balaban J connectivity index is 1.44. The lowest BCUT2D eigenvalue weighted by Crippen LogP contribution is -2.49. The maximum absolute atomic E-state index is 13.7. The van der Waals surface area contributed by atoms with E-state index in [0.717, 1.165) is 24.5 Å². The number of nitrogens with zero attached hydrogens (tertiary/aromatic N) is 4. The van der Waals surface area contributed by atoms with Crippen LogP contribution in [-0.2, 0) is 4.79 Å². The third-order valence-electron chi connectivity index (χ3n) is 5.19. The highest BCUT2D eigenvalue weighted by atomic mass is 19.1. The zero-order valence-electron chi connectivity index (χ0n) is 15.6. The fourth-order valence-electron chi connectivity index (χ4n) is 3.69. The molecule has 1 amide bonds. The summed E-state index contributed by atoms with van der Waals surface area (Å²) in [7, 11) is 0. The number of halogens is 1. The van der Waals surface area contributed by atoms with Gasteiger partial charge in [0.25, 0.3) is 0 Å². The molecule has 6 heteroatoms. The van der Waals surface area contributed by atoms with Gasteiger partial charge in [0.15, 0.2) is 0 Å². The summed E-state index contributed by atoms with van der Waals surface area (Å²) in [5.41, 5.74) is 0.802. The summed E-state index contributed by atoms with van der Waals surface area (Å²) < 4.78 is 15.7. The van der Waals surface area contributed by atoms with Gasteiger partial charge < -0.3 is 14.4 Å². The Labute approximate surface area is 164 Å². The van der Waals surface area contributed by atoms with Gasteiger partial charge in [-0.2, -0.15) is 0 Å². The summed E-state index contributed by atoms with van der Waals surface area (Å²) in [6.07, 6.45) is 5.93. The van der Waals surface area contributed by atoms with Crippen LogP contribution in [0.25, 0.3) is 0 Å². The monoisotopic (exact) mass is 378 g/mol. The molecule has 0 radical (unpaired) electrons. The second-order valence-corrected chi connectivity index (χ2v) is 6.96. The first kappa shape index (κ1) is 18.2. The van der Waals surface area contributed by atoms with Gasteiger partial charge in [-0.05, 0) is 42.0 Å². The highest BCUT2D eigenvalue weighted by Gasteiger charge is 2.25. The smallest absolute Gasteiger partial charge is 0.225 e. The van der Waals surface area contributed by atoms with Crippen molar-refractivity contribution in [3.05, 3.63) is 84.6 Å². The molecule has 1 aliphatic heterocycles. The second-order valence-electron chi connectivity index (χ2n) is 6.96. The highest BCUT2D eigenvalue weighted by Crippen LogP contribution is 2.24. The van der Waals surface area contributed by atoms with Gasteiger partial charge >= 0.3 is 0 Å². The van der Waals surface area contributed by atoms with Crippen molar-refractivity contribution in [2.24, 2.45) is 0 Å². The summed E-state index contributed by atoms with van der Waals surface area (Å²) in [6.45, 7) is 2.85. The number of hydrogen-bond donors (Lipinski definition) is 0. The quantitative estimate of drug-likeness (QED) is 0.684. The van der Waals surface area contributed by atoms with Crippen LogP contribution >= 0.6 is 0 Å². The van der Waals surface area contributed by atoms with Crippen molar-refractivity contribution >= 4 is 11.7 Å². The Morgan fingerprint density at radius 1 is 1.00 bits per heavy atom. The number of carbonyl (C=O) groups is 1. The Hall–Kier alpha value is -3.15. The van der Waals surface area contributed by atoms with Crippen LogP contribution in [0.1, 0.15) is 18.0 Å². The lowest BCUT2D eigenvalue weighted by Gasteiger charge is -2.36. The minimum Gasteiger partial charge on any atom is -0.353 e. The van der Waals surface area contributed by atoms with Crippen molar-refractivity contribution in [3.8, 4) is 0 Å². The topological polar surface area (TPSA) is 41.4 Å². The first-order valence-electron chi connectivity index (χ1n) is 9.52. The fourth-order valence-corrected chi connectivity index (χ4v) is 3.69. The second kappa shape index (κ2) is 8.25. The molecule has 1 fully saturated rings. The maximum atomic E-state index is 13.7. The minimum absolute atomic E-state index is 0.0867. The molecule has 3 heterocycles. The third kappa shape index (κ3) is 4.06. The lowest BCUT2D eigenvalue weighted by molar-refractivity contribution is -0.132. The van der Waals surface area contributed by atoms with E-state index in [4.69, 9.17) is 0 Å². The van der Waals surface area contributed by atoms with Crippen LogP contribution in [0.15, 0.2) is 73.2 Å². The number of piperazine rings is 1. The van der Waals surface area contributed by atoms with Gasteiger partial charge in [-0.3, -0.25) is 4.79 Å². The third-order valence-corrected chi connectivity index (χ3v) is 5.19. The molecule has 0 N–H and O–H groups in total. The zero-order chi connectivity index (χ0) is 19.3. The number of pyridine rings is 1. The van der Waals surface area contributed by atoms with Gasteiger partial charge in [0, 0.05) is 44.8 Å². The molecule has 0 bridgehead atoms. The highest BCUT2D eigenvalue weighted by molar-refractivity contribution is 5.77. The standard InChI is InChI=1S/C22H23FN4O/c23-19-7-5-6-18(16-19)20(25-10-3-4-11-25)17-22(28)27-14-12-26(13-15-27)21-8-1-2-9-24-21/h1-11,16,20H,12-15,17H2/t20-/m1/s1. The molecular weight excluding hydrogens is 355 g/mol. The molecule has 1 aliphatic rings. The first-order chi connectivity index (χ1) is 13.7. The van der Waals surface area contributed by atoms with Gasteiger partial charge in [0.2, 0.25) is 5.91 Å². The van der Waals surface area contributed by atoms with Crippen molar-refractivity contribution in [2.75, 3.05) is 31.1 Å². The summed E-state index contributed by atoms with van der Waals surface area (Å²) in [5, 5.41) is 0. The number of rotatable bonds is 5. The van der Waals surface area contributed by atoms with E-state index in [2.05, 4.69) is 9.88 Å². The van der Waals surface area contributed by atoms with Crippen LogP contribution in [0.3, 0.4) is 0 Å². The number of carbonyl (C=O) groups excluding carboxylic acids is 1. The minimum atomic E-state index is -0.286. The van der Waals surface area contributed by atoms with Crippen LogP contribution in [0.4, 0.5) is 10.2 Å². The Bertz CT molecular complexity index is 905. The normalized spacial score (nSPS) is 15.5. The molecule has 5 nitrogen and oxygen atoms in total. The number of hydrogen-bond acceptors (Lipinski definition) is 3. The van der Waals surface area contributed by atoms with Crippen LogP contribution < -0.4 is 4.90 Å². The molecule has 1 aromatic carbocycles. The van der Waals surface area contributed by atoms with Gasteiger partial charge in [-0.1, -0.05) is 18.2 Å². The molecule has 0 aliphatic carbocycles. The van der Waals surface area contributed by atoms with E-state index in [9.17, 15) is 9.18 Å². The van der Waals surface area contributed by atoms with E-state index >= 15 is 0 Å². The molecule has 1 saturated heterocycles. The fraction of sp³-hybridized carbons (Fsp3) is 0.273. The predicted octanol–water partition coefficient (Wildman–Crippen LogP) is 3.35. The van der Waals surface area contributed by atoms with Gasteiger partial charge in [0.05, 0.1) is 12.5 Å². The average molecular weight is 378 g/mol. The van der Waals surface area contributed by atoms with Crippen molar-refractivity contribution in [3.63, 3.8) is 0 Å². The van der Waals surface area contributed by atoms with Crippen LogP contribution in [0, 0.1) is 5.82 Å². The SMILES string of the molecule is O=C(C[C@H](c1cccc(F)c1)n1cccc1)N1CCN(c2ccccn2)CC1. The summed E-state index contributed by atoms with van der Waals surface area (Å²) >= 11 is 0. The molecule has 0 unspecified atom stereocenters. The first-order valence-corrected chi connectivity index (χ1v) is 9.52. The van der Waals surface area contributed by atoms with Crippen LogP contribution in [0.5, 0.6) is 0 Å². The zero-order valence-corrected chi connectivity index (χ0v) is 15.6. The van der Waals surface area contributed by atoms with E-state index < -0.39 is 0 Å². The Morgan fingerprint density at radius 3 is 2.46 bits per heavy atom. The summed E-state index contributed by atoms with van der Waals surface area (Å²) in [4.78, 5) is 21.5. The van der Waals surface area contributed by atoms with Crippen molar-refractivity contribution < 1.29 is 9.18 Å². The summed E-state index contributed by atoms with van der Waals surface area (Å²) in [6, 6.07) is 16.0. The van der Waals surface area contributed by atoms with E-state index in [1.165, 1.54) is 12.1 Å². The number of amides is 1. The van der Waals surface area contributed by atoms with Crippen molar-refractivity contribution in [2.45, 2.75) is 12.5 Å². The lowest BCUT2D eigenvalue weighted by atomic mass is 10.0. The number of benzene rings is 1. The number of anilines is 1. The molecule has 28 heavy (non-hydrogen) atoms. The van der Waals surface area contributed by atoms with Gasteiger partial charge in [-0.25, -0.2) is 9.37 Å². The Morgan fingerprint density at radius 2 is 1.79 bits per heavy atom. The number of aromatic nitrogens is 2. The average Bonchev–Trinajstić information content (AvgIpc) is 3.27. The molecular formula is C22H23FN4O. The van der Waals surface area contributed by atoms with E-state index in [1.807, 2.05) is 58.3 Å². The van der Waals surface area contributed by atoms with Crippen molar-refractivity contribution in [1.82, 2.24) is 14.5 Å². The van der Waals surface area contributed by atoms with E-state index in [1.54, 1.807) is 12.3 Å². The van der Waals surface area contributed by atoms with Gasteiger partial charge in [0.1, 0.15) is 11.6 Å². The molecule has 0 spiro atoms. The van der Waals surface area contributed by atoms with Crippen molar-refractivity contribution in [1.29, 1.82) is 0 Å². The van der Waals surface area contributed by atoms with E-state index in [-0.39, 0.29) is 17.8 Å². The maximum Gasteiger partial charge on any atom is 0.225 e. The molecule has 2 aromatic heterocycles. The largest absolute Gasteiger partial charge is 0.353 e. The molecule has 144 valence electrons. The predicted molar refractivity (Wildman–Crippen MR) is 107 cm³/mol. The molecule has 1 atom stereocenters. The van der Waals surface area contributed by atoms with Crippen LogP contribution in [0.2, 0.25) is 0 Å². The molecule has 3 aromatic rings.